The molecular formula is C24H29N7O3. The van der Waals surface area contributed by atoms with E-state index in [-0.39, 0.29) is 17.9 Å². The van der Waals surface area contributed by atoms with Crippen molar-refractivity contribution < 1.29 is 14.3 Å². The summed E-state index contributed by atoms with van der Waals surface area (Å²) in [6.07, 6.45) is 6.65. The summed E-state index contributed by atoms with van der Waals surface area (Å²) in [5.41, 5.74) is 3.36. The fourth-order valence-corrected chi connectivity index (χ4v) is 5.02. The Bertz CT molecular complexity index is 1100. The molecule has 0 bridgehead atoms. The summed E-state index contributed by atoms with van der Waals surface area (Å²) < 4.78 is 10.6. The number of amides is 1. The molecule has 0 aromatic carbocycles. The van der Waals surface area contributed by atoms with Gasteiger partial charge in [-0.2, -0.15) is 5.26 Å². The number of aromatic nitrogens is 3. The molecule has 3 aliphatic rings. The van der Waals surface area contributed by atoms with Gasteiger partial charge in [-0.1, -0.05) is 0 Å². The lowest BCUT2D eigenvalue weighted by atomic mass is 9.99. The average Bonchev–Trinajstić information content (AvgIpc) is 3.36. The van der Waals surface area contributed by atoms with Gasteiger partial charge in [0.1, 0.15) is 23.8 Å². The lowest BCUT2D eigenvalue weighted by molar-refractivity contribution is -0.137. The first kappa shape index (κ1) is 22.3. The van der Waals surface area contributed by atoms with Crippen molar-refractivity contribution in [2.24, 2.45) is 5.92 Å². The van der Waals surface area contributed by atoms with Crippen molar-refractivity contribution in [1.82, 2.24) is 19.9 Å². The number of fused-ring (bicyclic) bond motifs is 1. The second-order valence-corrected chi connectivity index (χ2v) is 8.98. The Hall–Kier alpha value is -3.45. The quantitative estimate of drug-likeness (QED) is 0.708. The van der Waals surface area contributed by atoms with Crippen molar-refractivity contribution in [1.29, 1.82) is 5.26 Å². The molecule has 2 aromatic rings. The number of methoxy groups -OCH3 is 1. The largest absolute Gasteiger partial charge is 0.480 e. The summed E-state index contributed by atoms with van der Waals surface area (Å²) in [6.45, 7) is 4.20. The van der Waals surface area contributed by atoms with Crippen molar-refractivity contribution in [2.45, 2.75) is 38.3 Å². The minimum absolute atomic E-state index is 0.0873. The van der Waals surface area contributed by atoms with Gasteiger partial charge in [0.05, 0.1) is 24.7 Å². The van der Waals surface area contributed by atoms with E-state index in [0.29, 0.717) is 37.7 Å². The molecule has 0 unspecified atom stereocenters. The van der Waals surface area contributed by atoms with Crippen LogP contribution in [0.4, 0.5) is 11.5 Å². The number of hydrogen-bond donors (Lipinski definition) is 1. The van der Waals surface area contributed by atoms with Gasteiger partial charge in [0, 0.05) is 63.3 Å². The van der Waals surface area contributed by atoms with Gasteiger partial charge in [-0.25, -0.2) is 15.0 Å². The predicted octanol–water partition coefficient (Wildman–Crippen LogP) is 1.75. The number of carbonyl (C=O) groups is 1. The van der Waals surface area contributed by atoms with Crippen LogP contribution in [0.1, 0.15) is 36.1 Å². The molecule has 2 saturated heterocycles. The maximum absolute atomic E-state index is 12.9. The molecule has 178 valence electrons. The van der Waals surface area contributed by atoms with Crippen molar-refractivity contribution in [3.8, 4) is 11.9 Å². The molecule has 2 fully saturated rings. The van der Waals surface area contributed by atoms with E-state index in [4.69, 9.17) is 9.47 Å². The van der Waals surface area contributed by atoms with Gasteiger partial charge in [0.25, 0.3) is 0 Å². The number of anilines is 2. The normalized spacial score (nSPS) is 20.5. The predicted molar refractivity (Wildman–Crippen MR) is 124 cm³/mol. The van der Waals surface area contributed by atoms with Crippen molar-refractivity contribution in [2.75, 3.05) is 50.2 Å². The Balaban J connectivity index is 1.28. The average molecular weight is 464 g/mol. The summed E-state index contributed by atoms with van der Waals surface area (Å²) in [6, 6.07) is 4.12. The fraction of sp³-hybridized carbons (Fsp3) is 0.542. The molecule has 2 aromatic heterocycles. The second kappa shape index (κ2) is 9.81. The standard InChI is InChI=1S/C24H29N7O3/c1-33-23-17(11-25)10-19(12-26-23)30-7-3-21-20(14-30)22(28-15-27-21)29-18-2-6-31(13-18)24(32)16-4-8-34-9-5-16/h10,12,15-16,18H,2-9,13-14H2,1H3,(H,27,28,29)/t18-/m0/s1. The summed E-state index contributed by atoms with van der Waals surface area (Å²) in [5, 5.41) is 13.0. The Kier molecular flexibility index (Phi) is 6.45. The van der Waals surface area contributed by atoms with Crippen LogP contribution in [0.25, 0.3) is 0 Å². The zero-order valence-corrected chi connectivity index (χ0v) is 19.4. The van der Waals surface area contributed by atoms with Crippen molar-refractivity contribution >= 4 is 17.4 Å². The number of nitriles is 1. The number of rotatable bonds is 5. The molecule has 1 N–H and O–H groups in total. The number of pyridine rings is 1. The topological polar surface area (TPSA) is 116 Å². The van der Waals surface area contributed by atoms with Gasteiger partial charge < -0.3 is 24.6 Å². The SMILES string of the molecule is COc1ncc(N2CCc3ncnc(N[C@H]4CCN(C(=O)C5CCOCC5)C4)c3C2)cc1C#N. The highest BCUT2D eigenvalue weighted by Gasteiger charge is 2.32. The molecule has 5 rings (SSSR count). The maximum Gasteiger partial charge on any atom is 0.231 e. The van der Waals surface area contributed by atoms with Gasteiger partial charge in [-0.3, -0.25) is 4.79 Å². The summed E-state index contributed by atoms with van der Waals surface area (Å²) >= 11 is 0. The Labute approximate surface area is 198 Å². The molecular weight excluding hydrogens is 434 g/mol. The molecule has 34 heavy (non-hydrogen) atoms. The van der Waals surface area contributed by atoms with E-state index in [9.17, 15) is 10.1 Å². The van der Waals surface area contributed by atoms with Crippen LogP contribution >= 0.6 is 0 Å². The zero-order chi connectivity index (χ0) is 23.5. The molecule has 0 aliphatic carbocycles. The Morgan fingerprint density at radius 1 is 1.24 bits per heavy atom. The van der Waals surface area contributed by atoms with Gasteiger partial charge in [0.15, 0.2) is 0 Å². The lowest BCUT2D eigenvalue weighted by Gasteiger charge is -2.31. The molecule has 0 radical (unpaired) electrons. The van der Waals surface area contributed by atoms with E-state index in [1.165, 1.54) is 7.11 Å². The Morgan fingerprint density at radius 2 is 2.09 bits per heavy atom. The third-order valence-corrected chi connectivity index (χ3v) is 6.93. The number of nitrogens with zero attached hydrogens (tertiary/aromatic N) is 6. The van der Waals surface area contributed by atoms with Gasteiger partial charge in [0.2, 0.25) is 11.8 Å². The van der Waals surface area contributed by atoms with Gasteiger partial charge in [-0.15, -0.1) is 0 Å². The van der Waals surface area contributed by atoms with E-state index >= 15 is 0 Å². The van der Waals surface area contributed by atoms with E-state index in [0.717, 1.165) is 61.5 Å². The number of likely N-dealkylation sites (tertiary alicyclic amines) is 1. The highest BCUT2D eigenvalue weighted by atomic mass is 16.5. The first-order valence-electron chi connectivity index (χ1n) is 11.8. The van der Waals surface area contributed by atoms with Crippen LogP contribution in [0.2, 0.25) is 0 Å². The first-order chi connectivity index (χ1) is 16.7. The van der Waals surface area contributed by atoms with E-state index in [2.05, 4.69) is 31.2 Å². The molecule has 3 aliphatic heterocycles. The highest BCUT2D eigenvalue weighted by Crippen LogP contribution is 2.30. The van der Waals surface area contributed by atoms with Crippen LogP contribution in [0.3, 0.4) is 0 Å². The summed E-state index contributed by atoms with van der Waals surface area (Å²) in [7, 11) is 1.51. The number of carbonyl (C=O) groups excluding carboxylic acids is 1. The minimum atomic E-state index is 0.0873. The Morgan fingerprint density at radius 3 is 2.88 bits per heavy atom. The summed E-state index contributed by atoms with van der Waals surface area (Å²) in [5.74, 6) is 1.49. The van der Waals surface area contributed by atoms with Gasteiger partial charge in [-0.05, 0) is 25.3 Å². The number of nitrogens with one attached hydrogen (secondary N) is 1. The number of hydrogen-bond acceptors (Lipinski definition) is 9. The van der Waals surface area contributed by atoms with Crippen LogP contribution in [0.15, 0.2) is 18.6 Å². The van der Waals surface area contributed by atoms with E-state index in [1.807, 2.05) is 11.0 Å². The minimum Gasteiger partial charge on any atom is -0.480 e. The second-order valence-electron chi connectivity index (χ2n) is 8.98. The van der Waals surface area contributed by atoms with Crippen LogP contribution in [-0.2, 0) is 22.5 Å². The summed E-state index contributed by atoms with van der Waals surface area (Å²) in [4.78, 5) is 30.4. The van der Waals surface area contributed by atoms with E-state index in [1.54, 1.807) is 12.5 Å². The smallest absolute Gasteiger partial charge is 0.231 e. The molecule has 10 nitrogen and oxygen atoms in total. The lowest BCUT2D eigenvalue weighted by Crippen LogP contribution is -2.38. The van der Waals surface area contributed by atoms with Crippen molar-refractivity contribution in [3.05, 3.63) is 35.4 Å². The number of ether oxygens (including phenoxy) is 2. The molecule has 0 saturated carbocycles. The third-order valence-electron chi connectivity index (χ3n) is 6.93. The molecule has 5 heterocycles. The molecule has 0 spiro atoms. The highest BCUT2D eigenvalue weighted by molar-refractivity contribution is 5.79. The fourth-order valence-electron chi connectivity index (χ4n) is 5.02. The maximum atomic E-state index is 12.9. The van der Waals surface area contributed by atoms with Crippen LogP contribution in [0, 0.1) is 17.2 Å². The molecule has 1 atom stereocenters. The molecule has 1 amide bonds. The third kappa shape index (κ3) is 4.48. The van der Waals surface area contributed by atoms with Crippen LogP contribution < -0.4 is 15.0 Å². The van der Waals surface area contributed by atoms with Crippen LogP contribution in [-0.4, -0.2) is 71.8 Å². The first-order valence-corrected chi connectivity index (χ1v) is 11.8. The van der Waals surface area contributed by atoms with E-state index < -0.39 is 0 Å². The monoisotopic (exact) mass is 463 g/mol. The van der Waals surface area contributed by atoms with Crippen LogP contribution in [0.5, 0.6) is 5.88 Å². The van der Waals surface area contributed by atoms with Gasteiger partial charge >= 0.3 is 0 Å². The zero-order valence-electron chi connectivity index (χ0n) is 19.4. The van der Waals surface area contributed by atoms with Crippen molar-refractivity contribution in [3.63, 3.8) is 0 Å². The molecule has 10 heteroatoms.